The summed E-state index contributed by atoms with van der Waals surface area (Å²) in [6.07, 6.45) is 1.92. The zero-order valence-electron chi connectivity index (χ0n) is 16.5. The van der Waals surface area contributed by atoms with Crippen LogP contribution in [0, 0.1) is 5.92 Å². The van der Waals surface area contributed by atoms with Gasteiger partial charge in [-0.3, -0.25) is 9.59 Å². The van der Waals surface area contributed by atoms with Crippen molar-refractivity contribution in [2.24, 2.45) is 5.92 Å². The fourth-order valence-corrected chi connectivity index (χ4v) is 3.31. The molecule has 0 aromatic heterocycles. The second-order valence-electron chi connectivity index (χ2n) is 7.49. The van der Waals surface area contributed by atoms with Crippen LogP contribution in [0.15, 0.2) is 42.5 Å². The Morgan fingerprint density at radius 3 is 2.41 bits per heavy atom. The molecule has 0 fully saturated rings. The third kappa shape index (κ3) is 4.13. The molecule has 0 saturated carbocycles. The van der Waals surface area contributed by atoms with Crippen LogP contribution in [0.2, 0.25) is 0 Å². The van der Waals surface area contributed by atoms with E-state index in [1.54, 1.807) is 0 Å². The molecule has 0 bridgehead atoms. The lowest BCUT2D eigenvalue weighted by atomic mass is 9.99. The maximum absolute atomic E-state index is 12.6. The fraction of sp³-hybridized carbons (Fsp3) is 0.364. The van der Waals surface area contributed by atoms with Crippen LogP contribution >= 0.6 is 0 Å². The Kier molecular flexibility index (Phi) is 5.49. The maximum Gasteiger partial charge on any atom is 0.255 e. The van der Waals surface area contributed by atoms with E-state index >= 15 is 0 Å². The van der Waals surface area contributed by atoms with Gasteiger partial charge in [0.1, 0.15) is 0 Å². The van der Waals surface area contributed by atoms with Gasteiger partial charge in [0.15, 0.2) is 0 Å². The summed E-state index contributed by atoms with van der Waals surface area (Å²) in [5.74, 6) is -0.0825. The Bertz CT molecular complexity index is 841. The molecule has 0 atom stereocenters. The van der Waals surface area contributed by atoms with E-state index in [0.717, 1.165) is 36.3 Å². The van der Waals surface area contributed by atoms with E-state index in [1.165, 1.54) is 0 Å². The van der Waals surface area contributed by atoms with Crippen molar-refractivity contribution in [2.75, 3.05) is 35.8 Å². The van der Waals surface area contributed by atoms with Crippen LogP contribution in [-0.2, 0) is 11.2 Å². The molecule has 27 heavy (non-hydrogen) atoms. The molecule has 0 unspecified atom stereocenters. The van der Waals surface area contributed by atoms with Crippen LogP contribution in [0.3, 0.4) is 0 Å². The second kappa shape index (κ2) is 7.82. The minimum Gasteiger partial charge on any atom is -0.378 e. The number of hydrogen-bond donors (Lipinski definition) is 1. The number of aryl methyl sites for hydroxylation is 1. The number of hydrogen-bond acceptors (Lipinski definition) is 3. The SMILES string of the molecule is CC(C)C(=O)N1CCCc2ccc(NC(=O)c3ccc(N(C)C)cc3)cc21. The Hall–Kier alpha value is -2.82. The monoisotopic (exact) mass is 365 g/mol. The van der Waals surface area contributed by atoms with Gasteiger partial charge in [-0.2, -0.15) is 0 Å². The molecule has 1 aliphatic heterocycles. The van der Waals surface area contributed by atoms with E-state index < -0.39 is 0 Å². The van der Waals surface area contributed by atoms with Gasteiger partial charge in [0.2, 0.25) is 5.91 Å². The standard InChI is InChI=1S/C22H27N3O2/c1-15(2)22(27)25-13-5-6-16-7-10-18(14-20(16)25)23-21(26)17-8-11-19(12-9-17)24(3)4/h7-12,14-15H,5-6,13H2,1-4H3,(H,23,26). The molecule has 2 aromatic carbocycles. The molecule has 5 nitrogen and oxygen atoms in total. The van der Waals surface area contributed by atoms with E-state index in [1.807, 2.05) is 80.2 Å². The highest BCUT2D eigenvalue weighted by molar-refractivity contribution is 6.05. The van der Waals surface area contributed by atoms with Crippen molar-refractivity contribution < 1.29 is 9.59 Å². The minimum absolute atomic E-state index is 0.0515. The van der Waals surface area contributed by atoms with Crippen LogP contribution in [0.5, 0.6) is 0 Å². The van der Waals surface area contributed by atoms with Gasteiger partial charge in [-0.05, 0) is 54.8 Å². The third-order valence-electron chi connectivity index (χ3n) is 4.87. The smallest absolute Gasteiger partial charge is 0.255 e. The van der Waals surface area contributed by atoms with Crippen molar-refractivity contribution in [2.45, 2.75) is 26.7 Å². The summed E-state index contributed by atoms with van der Waals surface area (Å²) < 4.78 is 0. The highest BCUT2D eigenvalue weighted by atomic mass is 16.2. The lowest BCUT2D eigenvalue weighted by molar-refractivity contribution is -0.121. The van der Waals surface area contributed by atoms with E-state index in [-0.39, 0.29) is 17.7 Å². The molecule has 1 aliphatic rings. The zero-order chi connectivity index (χ0) is 19.6. The average molecular weight is 365 g/mol. The molecule has 142 valence electrons. The van der Waals surface area contributed by atoms with Gasteiger partial charge in [0.05, 0.1) is 0 Å². The van der Waals surface area contributed by atoms with Crippen molar-refractivity contribution in [3.63, 3.8) is 0 Å². The van der Waals surface area contributed by atoms with Crippen molar-refractivity contribution >= 4 is 28.9 Å². The Morgan fingerprint density at radius 1 is 1.07 bits per heavy atom. The van der Waals surface area contributed by atoms with Crippen molar-refractivity contribution in [3.8, 4) is 0 Å². The summed E-state index contributed by atoms with van der Waals surface area (Å²) in [5, 5.41) is 2.96. The van der Waals surface area contributed by atoms with Gasteiger partial charge in [0.25, 0.3) is 5.91 Å². The molecule has 0 spiro atoms. The highest BCUT2D eigenvalue weighted by Gasteiger charge is 2.24. The lowest BCUT2D eigenvalue weighted by Gasteiger charge is -2.31. The van der Waals surface area contributed by atoms with Gasteiger partial charge >= 0.3 is 0 Å². The molecule has 5 heteroatoms. The number of anilines is 3. The molecular weight excluding hydrogens is 338 g/mol. The van der Waals surface area contributed by atoms with E-state index in [4.69, 9.17) is 0 Å². The summed E-state index contributed by atoms with van der Waals surface area (Å²) in [6, 6.07) is 13.3. The third-order valence-corrected chi connectivity index (χ3v) is 4.87. The summed E-state index contributed by atoms with van der Waals surface area (Å²) in [6.45, 7) is 4.56. The molecule has 2 aromatic rings. The predicted octanol–water partition coefficient (Wildman–Crippen LogP) is 3.94. The molecular formula is C22H27N3O2. The predicted molar refractivity (Wildman–Crippen MR) is 111 cm³/mol. The first-order valence-corrected chi connectivity index (χ1v) is 9.40. The van der Waals surface area contributed by atoms with Gasteiger partial charge in [0, 0.05) is 49.2 Å². The van der Waals surface area contributed by atoms with Crippen LogP contribution in [-0.4, -0.2) is 32.5 Å². The number of nitrogens with zero attached hydrogens (tertiary/aromatic N) is 2. The van der Waals surface area contributed by atoms with Gasteiger partial charge in [-0.15, -0.1) is 0 Å². The Labute approximate surface area is 161 Å². The first-order chi connectivity index (χ1) is 12.9. The molecule has 1 N–H and O–H groups in total. The number of nitrogens with one attached hydrogen (secondary N) is 1. The molecule has 0 radical (unpaired) electrons. The maximum atomic E-state index is 12.6. The molecule has 1 heterocycles. The average Bonchev–Trinajstić information content (AvgIpc) is 2.66. The second-order valence-corrected chi connectivity index (χ2v) is 7.49. The quantitative estimate of drug-likeness (QED) is 0.893. The van der Waals surface area contributed by atoms with Crippen molar-refractivity contribution in [1.29, 1.82) is 0 Å². The van der Waals surface area contributed by atoms with Crippen molar-refractivity contribution in [1.82, 2.24) is 0 Å². The highest BCUT2D eigenvalue weighted by Crippen LogP contribution is 2.31. The van der Waals surface area contributed by atoms with Crippen LogP contribution in [0.1, 0.15) is 36.2 Å². The summed E-state index contributed by atoms with van der Waals surface area (Å²) in [7, 11) is 3.93. The zero-order valence-corrected chi connectivity index (χ0v) is 16.5. The Balaban J connectivity index is 1.81. The summed E-state index contributed by atoms with van der Waals surface area (Å²) >= 11 is 0. The number of fused-ring (bicyclic) bond motifs is 1. The van der Waals surface area contributed by atoms with Gasteiger partial charge < -0.3 is 15.1 Å². The fourth-order valence-electron chi connectivity index (χ4n) is 3.31. The molecule has 0 aliphatic carbocycles. The summed E-state index contributed by atoms with van der Waals surface area (Å²) in [5.41, 5.74) is 4.43. The Morgan fingerprint density at radius 2 is 1.78 bits per heavy atom. The van der Waals surface area contributed by atoms with Crippen LogP contribution < -0.4 is 15.1 Å². The molecule has 3 rings (SSSR count). The van der Waals surface area contributed by atoms with E-state index in [0.29, 0.717) is 11.3 Å². The molecule has 2 amide bonds. The van der Waals surface area contributed by atoms with Crippen molar-refractivity contribution in [3.05, 3.63) is 53.6 Å². The number of amides is 2. The number of carbonyl (C=O) groups excluding carboxylic acids is 2. The topological polar surface area (TPSA) is 52.7 Å². The minimum atomic E-state index is -0.155. The van der Waals surface area contributed by atoms with E-state index in [2.05, 4.69) is 5.32 Å². The normalized spacial score (nSPS) is 13.3. The first kappa shape index (κ1) is 19.0. The first-order valence-electron chi connectivity index (χ1n) is 9.40. The van der Waals surface area contributed by atoms with Crippen LogP contribution in [0.25, 0.3) is 0 Å². The van der Waals surface area contributed by atoms with Gasteiger partial charge in [-0.25, -0.2) is 0 Å². The number of rotatable bonds is 4. The van der Waals surface area contributed by atoms with Gasteiger partial charge in [-0.1, -0.05) is 19.9 Å². The molecule has 0 saturated heterocycles. The lowest BCUT2D eigenvalue weighted by Crippen LogP contribution is -2.38. The largest absolute Gasteiger partial charge is 0.378 e. The number of benzene rings is 2. The number of carbonyl (C=O) groups is 2. The van der Waals surface area contributed by atoms with Crippen LogP contribution in [0.4, 0.5) is 17.1 Å². The summed E-state index contributed by atoms with van der Waals surface area (Å²) in [4.78, 5) is 29.0. The van der Waals surface area contributed by atoms with E-state index in [9.17, 15) is 9.59 Å².